The molecule has 1 aromatic heterocycles. The van der Waals surface area contributed by atoms with Crippen LogP contribution in [0, 0.1) is 0 Å². The van der Waals surface area contributed by atoms with Crippen molar-refractivity contribution in [1.82, 2.24) is 15.5 Å². The lowest BCUT2D eigenvalue weighted by molar-refractivity contribution is 0.437. The summed E-state index contributed by atoms with van der Waals surface area (Å²) in [4.78, 5) is 0. The van der Waals surface area contributed by atoms with Crippen LogP contribution in [0.5, 0.6) is 0 Å². The Hall–Kier alpha value is -1.10. The molecule has 2 N–H and O–H groups in total. The van der Waals surface area contributed by atoms with E-state index in [9.17, 15) is 0 Å². The van der Waals surface area contributed by atoms with Crippen LogP contribution in [0.2, 0.25) is 0 Å². The highest BCUT2D eigenvalue weighted by Gasteiger charge is 2.13. The average Bonchev–Trinajstić information content (AvgIpc) is 2.77. The highest BCUT2D eigenvalue weighted by molar-refractivity contribution is 5.19. The molecule has 1 rings (SSSR count). The summed E-state index contributed by atoms with van der Waals surface area (Å²) in [6, 6.07) is 0.985. The molecule has 5 nitrogen and oxygen atoms in total. The van der Waals surface area contributed by atoms with Gasteiger partial charge in [0.25, 0.3) is 0 Å². The molecule has 0 radical (unpaired) electrons. The lowest BCUT2D eigenvalue weighted by atomic mass is 10.1. The molecule has 98 valence electrons. The van der Waals surface area contributed by atoms with Gasteiger partial charge in [-0.2, -0.15) is 0 Å². The Morgan fingerprint density at radius 1 is 1.24 bits per heavy atom. The van der Waals surface area contributed by atoms with Crippen molar-refractivity contribution in [2.24, 2.45) is 0 Å². The van der Waals surface area contributed by atoms with E-state index in [1.807, 2.05) is 14.0 Å². The second-order valence-electron chi connectivity index (χ2n) is 4.50. The Morgan fingerprint density at radius 3 is 2.65 bits per heavy atom. The first-order valence-corrected chi connectivity index (χ1v) is 6.44. The third-order valence-corrected chi connectivity index (χ3v) is 2.85. The maximum Gasteiger partial charge on any atom is 0.315 e. The molecular weight excluding hydrogens is 216 g/mol. The van der Waals surface area contributed by atoms with Crippen molar-refractivity contribution >= 4 is 6.01 Å². The lowest BCUT2D eigenvalue weighted by Crippen LogP contribution is -2.15. The summed E-state index contributed by atoms with van der Waals surface area (Å²) in [6.07, 6.45) is 4.89. The van der Waals surface area contributed by atoms with E-state index in [1.165, 1.54) is 19.3 Å². The molecule has 0 aliphatic carbocycles. The number of hydrogen-bond donors (Lipinski definition) is 2. The fraction of sp³-hybridized carbons (Fsp3) is 0.833. The lowest BCUT2D eigenvalue weighted by Gasteiger charge is -2.10. The van der Waals surface area contributed by atoms with Crippen LogP contribution in [0.1, 0.15) is 58.4 Å². The molecule has 0 aliphatic rings. The maximum absolute atomic E-state index is 5.52. The highest BCUT2D eigenvalue weighted by atomic mass is 16.4. The van der Waals surface area contributed by atoms with Gasteiger partial charge in [-0.25, -0.2) is 0 Å². The molecule has 0 fully saturated rings. The van der Waals surface area contributed by atoms with Crippen LogP contribution in [0.15, 0.2) is 4.42 Å². The fourth-order valence-electron chi connectivity index (χ4n) is 1.57. The van der Waals surface area contributed by atoms with E-state index in [4.69, 9.17) is 4.42 Å². The van der Waals surface area contributed by atoms with Gasteiger partial charge in [0.2, 0.25) is 5.89 Å². The monoisotopic (exact) mass is 240 g/mol. The molecule has 0 aromatic carbocycles. The molecule has 0 saturated carbocycles. The van der Waals surface area contributed by atoms with Gasteiger partial charge in [-0.3, -0.25) is 0 Å². The van der Waals surface area contributed by atoms with Crippen molar-refractivity contribution < 1.29 is 4.42 Å². The van der Waals surface area contributed by atoms with Gasteiger partial charge in [-0.05, 0) is 27.3 Å². The summed E-state index contributed by atoms with van der Waals surface area (Å²) < 4.78 is 5.52. The van der Waals surface area contributed by atoms with Crippen molar-refractivity contribution in [1.29, 1.82) is 0 Å². The Bertz CT molecular complexity index is 313. The van der Waals surface area contributed by atoms with Gasteiger partial charge < -0.3 is 15.1 Å². The average molecular weight is 240 g/mol. The zero-order valence-electron chi connectivity index (χ0n) is 11.3. The van der Waals surface area contributed by atoms with Crippen LogP contribution in [0.4, 0.5) is 6.01 Å². The van der Waals surface area contributed by atoms with Gasteiger partial charge in [0.05, 0.1) is 6.04 Å². The number of rotatable bonds is 8. The first-order valence-electron chi connectivity index (χ1n) is 6.44. The van der Waals surface area contributed by atoms with E-state index in [0.29, 0.717) is 17.9 Å². The van der Waals surface area contributed by atoms with E-state index >= 15 is 0 Å². The van der Waals surface area contributed by atoms with Crippen LogP contribution in [-0.2, 0) is 0 Å². The molecule has 0 aliphatic heterocycles. The van der Waals surface area contributed by atoms with Gasteiger partial charge in [-0.1, -0.05) is 31.3 Å². The SMILES string of the molecule is CCCCCC(C)Nc1nnc(C(C)NC)o1. The molecule has 1 heterocycles. The minimum atomic E-state index is 0.0912. The predicted octanol–water partition coefficient (Wildman–Crippen LogP) is 2.73. The summed E-state index contributed by atoms with van der Waals surface area (Å²) in [5.41, 5.74) is 0. The van der Waals surface area contributed by atoms with Gasteiger partial charge >= 0.3 is 6.01 Å². The van der Waals surface area contributed by atoms with Crippen LogP contribution in [0.3, 0.4) is 0 Å². The van der Waals surface area contributed by atoms with E-state index in [0.717, 1.165) is 6.42 Å². The Kier molecular flexibility index (Phi) is 5.97. The Morgan fingerprint density at radius 2 is 2.00 bits per heavy atom. The largest absolute Gasteiger partial charge is 0.406 e. The molecular formula is C12H24N4O. The maximum atomic E-state index is 5.52. The van der Waals surface area contributed by atoms with E-state index in [-0.39, 0.29) is 6.04 Å². The highest BCUT2D eigenvalue weighted by Crippen LogP contribution is 2.15. The minimum absolute atomic E-state index is 0.0912. The van der Waals surface area contributed by atoms with Crippen molar-refractivity contribution in [2.75, 3.05) is 12.4 Å². The molecule has 2 unspecified atom stereocenters. The summed E-state index contributed by atoms with van der Waals surface area (Å²) in [7, 11) is 1.87. The fourth-order valence-corrected chi connectivity index (χ4v) is 1.57. The summed E-state index contributed by atoms with van der Waals surface area (Å²) >= 11 is 0. The first-order chi connectivity index (χ1) is 8.17. The predicted molar refractivity (Wildman–Crippen MR) is 69.0 cm³/mol. The molecule has 0 amide bonds. The second kappa shape index (κ2) is 7.27. The zero-order chi connectivity index (χ0) is 12.7. The van der Waals surface area contributed by atoms with Crippen molar-refractivity contribution in [3.63, 3.8) is 0 Å². The molecule has 5 heteroatoms. The zero-order valence-corrected chi connectivity index (χ0v) is 11.3. The summed E-state index contributed by atoms with van der Waals surface area (Å²) in [5, 5.41) is 14.3. The van der Waals surface area contributed by atoms with Crippen LogP contribution >= 0.6 is 0 Å². The Labute approximate surface area is 103 Å². The minimum Gasteiger partial charge on any atom is -0.406 e. The topological polar surface area (TPSA) is 63.0 Å². The normalized spacial score (nSPS) is 14.6. The third kappa shape index (κ3) is 4.73. The quantitative estimate of drug-likeness (QED) is 0.684. The Balaban J connectivity index is 2.37. The molecule has 0 saturated heterocycles. The molecule has 1 aromatic rings. The smallest absolute Gasteiger partial charge is 0.315 e. The van der Waals surface area contributed by atoms with Crippen molar-refractivity contribution in [2.45, 2.75) is 58.5 Å². The van der Waals surface area contributed by atoms with E-state index in [1.54, 1.807) is 0 Å². The number of unbranched alkanes of at least 4 members (excludes halogenated alkanes) is 2. The number of nitrogens with one attached hydrogen (secondary N) is 2. The van der Waals surface area contributed by atoms with E-state index < -0.39 is 0 Å². The van der Waals surface area contributed by atoms with Gasteiger partial charge in [0.15, 0.2) is 0 Å². The first kappa shape index (κ1) is 14.0. The second-order valence-corrected chi connectivity index (χ2v) is 4.50. The number of anilines is 1. The third-order valence-electron chi connectivity index (χ3n) is 2.85. The van der Waals surface area contributed by atoms with Gasteiger partial charge in [0, 0.05) is 6.04 Å². The van der Waals surface area contributed by atoms with Crippen LogP contribution < -0.4 is 10.6 Å². The number of aromatic nitrogens is 2. The standard InChI is InChI=1S/C12H24N4O/c1-5-6-7-8-9(2)14-12-16-15-11(17-12)10(3)13-4/h9-10,13H,5-8H2,1-4H3,(H,14,16). The van der Waals surface area contributed by atoms with Crippen LogP contribution in [0.25, 0.3) is 0 Å². The molecule has 0 spiro atoms. The van der Waals surface area contributed by atoms with Gasteiger partial charge in [0.1, 0.15) is 0 Å². The van der Waals surface area contributed by atoms with E-state index in [2.05, 4.69) is 34.7 Å². The van der Waals surface area contributed by atoms with Crippen molar-refractivity contribution in [3.05, 3.63) is 5.89 Å². The molecule has 2 atom stereocenters. The molecule has 17 heavy (non-hydrogen) atoms. The number of nitrogens with zero attached hydrogens (tertiary/aromatic N) is 2. The number of hydrogen-bond acceptors (Lipinski definition) is 5. The van der Waals surface area contributed by atoms with Crippen molar-refractivity contribution in [3.8, 4) is 0 Å². The summed E-state index contributed by atoms with van der Waals surface area (Å²) in [5.74, 6) is 0.621. The summed E-state index contributed by atoms with van der Waals surface area (Å²) in [6.45, 7) is 6.34. The molecule has 0 bridgehead atoms. The van der Waals surface area contributed by atoms with Crippen LogP contribution in [-0.4, -0.2) is 23.3 Å². The van der Waals surface area contributed by atoms with Gasteiger partial charge in [-0.15, -0.1) is 5.10 Å².